The van der Waals surface area contributed by atoms with Gasteiger partial charge in [0.05, 0.1) is 22.9 Å². The summed E-state index contributed by atoms with van der Waals surface area (Å²) in [7, 11) is -19.5. The summed E-state index contributed by atoms with van der Waals surface area (Å²) in [5, 5.41) is 13.6. The molecule has 0 aromatic heterocycles. The van der Waals surface area contributed by atoms with E-state index in [9.17, 15) is 66.3 Å². The number of urea groups is 1. The van der Waals surface area contributed by atoms with Crippen LogP contribution >= 0.6 is 0 Å². The van der Waals surface area contributed by atoms with Crippen molar-refractivity contribution in [3.8, 4) is 5.75 Å². The maximum Gasteiger partial charge on any atom is 0.323 e. The molecule has 0 saturated carbocycles. The molecule has 0 radical (unpaired) electrons. The van der Waals surface area contributed by atoms with Crippen LogP contribution in [-0.4, -0.2) is 87.5 Å². The zero-order valence-electron chi connectivity index (χ0n) is 32.7. The smallest absolute Gasteiger partial charge is 0.323 e. The average Bonchev–Trinajstić information content (AvgIpc) is 3.21. The zero-order valence-corrected chi connectivity index (χ0v) is 36.0. The number of hydrogen-bond acceptors (Lipinski definition) is 16. The van der Waals surface area contributed by atoms with Crippen LogP contribution in [0.25, 0.3) is 22.9 Å². The van der Waals surface area contributed by atoms with E-state index in [0.29, 0.717) is 10.8 Å². The Labute approximate surface area is 368 Å². The largest absolute Gasteiger partial charge is 0.492 e. The molecule has 0 aliphatic heterocycles. The van der Waals surface area contributed by atoms with Crippen molar-refractivity contribution in [3.63, 3.8) is 0 Å². The summed E-state index contributed by atoms with van der Waals surface area (Å²) in [5.41, 5.74) is 3.24. The third-order valence-corrected chi connectivity index (χ3v) is 12.8. The van der Waals surface area contributed by atoms with Crippen molar-refractivity contribution in [2.24, 2.45) is 10.2 Å². The number of allylic oxidation sites excluding steroid dienone is 2. The topological polar surface area (TPSA) is 351 Å². The summed E-state index contributed by atoms with van der Waals surface area (Å²) in [6, 6.07) is 18.1. The number of carbonyl (C=O) groups excluding carboxylic acids is 3. The van der Waals surface area contributed by atoms with Crippen molar-refractivity contribution in [2.45, 2.75) is 16.7 Å². The Morgan fingerprint density at radius 1 is 0.554 bits per heavy atom. The highest BCUT2D eigenvalue weighted by Crippen LogP contribution is 2.32. The molecule has 0 spiro atoms. The predicted octanol–water partition coefficient (Wildman–Crippen LogP) is 5.16. The molecule has 5 aromatic carbocycles. The van der Waals surface area contributed by atoms with E-state index < -0.39 is 84.2 Å². The molecule has 8 N–H and O–H groups in total. The van der Waals surface area contributed by atoms with E-state index in [1.54, 1.807) is 6.92 Å². The Morgan fingerprint density at radius 2 is 1.02 bits per heavy atom. The van der Waals surface area contributed by atoms with Crippen molar-refractivity contribution in [1.29, 1.82) is 0 Å². The fraction of sp³-hybridized carbons (Fsp3) is 0.0513. The molecule has 2 aliphatic carbocycles. The van der Waals surface area contributed by atoms with Gasteiger partial charge in [-0.1, -0.05) is 12.1 Å². The first kappa shape index (κ1) is 45.8. The first-order chi connectivity index (χ1) is 30.4. The number of ether oxygens (including phenoxy) is 1. The molecule has 0 bridgehead atoms. The van der Waals surface area contributed by atoms with Crippen molar-refractivity contribution >= 4 is 115 Å². The van der Waals surface area contributed by atoms with Gasteiger partial charge >= 0.3 is 6.03 Å². The Balaban J connectivity index is 1.09. The van der Waals surface area contributed by atoms with Crippen LogP contribution in [-0.2, 0) is 40.5 Å². The van der Waals surface area contributed by atoms with Crippen LogP contribution in [0.5, 0.6) is 5.75 Å². The Kier molecular flexibility index (Phi) is 12.0. The number of amides is 2. The fourth-order valence-corrected chi connectivity index (χ4v) is 8.97. The lowest BCUT2D eigenvalue weighted by atomic mass is 9.94. The van der Waals surface area contributed by atoms with E-state index in [4.69, 9.17) is 4.74 Å². The zero-order chi connectivity index (χ0) is 47.2. The third-order valence-electron chi connectivity index (χ3n) is 9.36. The minimum atomic E-state index is -5.13. The molecule has 0 unspecified atom stereocenters. The highest BCUT2D eigenvalue weighted by molar-refractivity contribution is 7.91. The van der Waals surface area contributed by atoms with Gasteiger partial charge in [0, 0.05) is 22.5 Å². The van der Waals surface area contributed by atoms with Gasteiger partial charge in [0.2, 0.25) is 11.6 Å². The summed E-state index contributed by atoms with van der Waals surface area (Å²) < 4.78 is 141. The lowest BCUT2D eigenvalue weighted by molar-refractivity contribution is 0.105. The van der Waals surface area contributed by atoms with E-state index in [0.717, 1.165) is 24.3 Å². The standard InChI is InChI=1S/C39H30N6O16S4/c1-2-61-31-12-8-27(19-32(31)63(52,53)54)43-45-36-34(65(58,59)60)18-23-15-25(7-11-30(23)38(36)47)41-39(48)40-24-6-10-29-22(14-24)17-33(64(55,56)57)35(37(29)46)44-42-26-5-3-21-16-28(62(49,50)51)9-4-20(21)13-26/h3-19,42-43H,2H2,1H3,(H2,40,41,48)(H,49,50,51)(H,52,53,54)(H,55,56,57)(H,58,59,60)/b44-35+,45-36-. The summed E-state index contributed by atoms with van der Waals surface area (Å²) in [6.45, 7) is 1.63. The second-order valence-electron chi connectivity index (χ2n) is 13.7. The van der Waals surface area contributed by atoms with Crippen LogP contribution in [0.15, 0.2) is 121 Å². The molecule has 2 aliphatic rings. The van der Waals surface area contributed by atoms with Gasteiger partial charge in [-0.3, -0.25) is 38.7 Å². The summed E-state index contributed by atoms with van der Waals surface area (Å²) >= 11 is 0. The van der Waals surface area contributed by atoms with Crippen LogP contribution < -0.4 is 26.2 Å². The lowest BCUT2D eigenvalue weighted by Gasteiger charge is -2.18. The van der Waals surface area contributed by atoms with E-state index in [2.05, 4.69) is 31.7 Å². The minimum absolute atomic E-state index is 0.00921. The van der Waals surface area contributed by atoms with E-state index >= 15 is 0 Å². The molecule has 7 rings (SSSR count). The molecule has 2 amide bonds. The predicted molar refractivity (Wildman–Crippen MR) is 237 cm³/mol. The van der Waals surface area contributed by atoms with E-state index in [-0.39, 0.29) is 62.3 Å². The second kappa shape index (κ2) is 17.1. The second-order valence-corrected chi connectivity index (χ2v) is 19.3. The van der Waals surface area contributed by atoms with Gasteiger partial charge in [-0.25, -0.2) is 4.79 Å². The molecule has 0 atom stereocenters. The van der Waals surface area contributed by atoms with Crippen LogP contribution in [0, 0.1) is 0 Å². The van der Waals surface area contributed by atoms with Crippen molar-refractivity contribution in [1.82, 2.24) is 0 Å². The number of hydrazone groups is 2. The first-order valence-electron chi connectivity index (χ1n) is 18.2. The highest BCUT2D eigenvalue weighted by atomic mass is 32.2. The van der Waals surface area contributed by atoms with Gasteiger partial charge in [-0.05, 0) is 120 Å². The maximum atomic E-state index is 13.5. The molecule has 0 saturated heterocycles. The van der Waals surface area contributed by atoms with Gasteiger partial charge in [-0.15, -0.1) is 0 Å². The number of nitrogens with zero attached hydrogens (tertiary/aromatic N) is 2. The van der Waals surface area contributed by atoms with Gasteiger partial charge in [0.25, 0.3) is 40.5 Å². The van der Waals surface area contributed by atoms with Crippen LogP contribution in [0.4, 0.5) is 27.5 Å². The van der Waals surface area contributed by atoms with Gasteiger partial charge in [0.1, 0.15) is 20.5 Å². The minimum Gasteiger partial charge on any atom is -0.492 e. The molecule has 336 valence electrons. The number of nitrogens with one attached hydrogen (secondary N) is 4. The molecule has 5 aromatic rings. The number of ketones is 2. The number of Topliss-reactive ketones (excluding diaryl/α,β-unsaturated/α-hetero) is 2. The van der Waals surface area contributed by atoms with Crippen molar-refractivity contribution in [2.75, 3.05) is 28.1 Å². The average molecular weight is 967 g/mol. The van der Waals surface area contributed by atoms with Crippen molar-refractivity contribution in [3.05, 3.63) is 123 Å². The van der Waals surface area contributed by atoms with E-state index in [1.807, 2.05) is 0 Å². The maximum absolute atomic E-state index is 13.5. The molecular formula is C39H30N6O16S4. The van der Waals surface area contributed by atoms with Gasteiger partial charge in [-0.2, -0.15) is 43.9 Å². The summed E-state index contributed by atoms with van der Waals surface area (Å²) in [5.74, 6) is -2.12. The third kappa shape index (κ3) is 9.98. The number of anilines is 4. The molecule has 0 fully saturated rings. The van der Waals surface area contributed by atoms with Crippen molar-refractivity contribution < 1.29 is 71.0 Å². The molecule has 0 heterocycles. The quantitative estimate of drug-likeness (QED) is 0.0591. The summed E-state index contributed by atoms with van der Waals surface area (Å²) in [4.78, 5) is 37.3. The Bertz CT molecular complexity index is 3510. The SMILES string of the molecule is CCOc1ccc(N/N=C2\C(=O)c3ccc(NC(=O)Nc4ccc5c(c4)C=C(S(=O)(=O)O)/C(=N\Nc4ccc6cc(S(=O)(=O)O)ccc6c4)C5=O)cc3C=C2S(=O)(=O)O)cc1S(=O)(=O)O. The number of hydrogen-bond donors (Lipinski definition) is 8. The summed E-state index contributed by atoms with van der Waals surface area (Å²) in [6.07, 6.45) is 1.85. The number of benzene rings is 5. The highest BCUT2D eigenvalue weighted by Gasteiger charge is 2.35. The Morgan fingerprint density at radius 3 is 1.49 bits per heavy atom. The first-order valence-corrected chi connectivity index (χ1v) is 23.9. The molecule has 22 nitrogen and oxygen atoms in total. The molecule has 65 heavy (non-hydrogen) atoms. The van der Waals surface area contributed by atoms with Gasteiger partial charge < -0.3 is 15.4 Å². The van der Waals surface area contributed by atoms with Crippen LogP contribution in [0.1, 0.15) is 38.8 Å². The number of fused-ring (bicyclic) bond motifs is 3. The molecular weight excluding hydrogens is 937 g/mol. The van der Waals surface area contributed by atoms with Crippen LogP contribution in [0.3, 0.4) is 0 Å². The molecule has 26 heteroatoms. The van der Waals surface area contributed by atoms with Crippen LogP contribution in [0.2, 0.25) is 0 Å². The lowest BCUT2D eigenvalue weighted by Crippen LogP contribution is -2.27. The number of carbonyl (C=O) groups is 3. The fourth-order valence-electron chi connectivity index (χ4n) is 6.48. The van der Waals surface area contributed by atoms with Gasteiger partial charge in [0.15, 0.2) is 11.4 Å². The Hall–Kier alpha value is -7.17. The number of rotatable bonds is 12. The van der Waals surface area contributed by atoms with E-state index in [1.165, 1.54) is 78.9 Å². The monoisotopic (exact) mass is 966 g/mol. The normalized spacial score (nSPS) is 15.5.